The Morgan fingerprint density at radius 3 is 2.82 bits per heavy atom. The molecular weight excluding hydrogens is 250 g/mol. The number of hydrogen-bond acceptors (Lipinski definition) is 5. The molecule has 0 radical (unpaired) electrons. The predicted molar refractivity (Wildman–Crippen MR) is 56.5 cm³/mol. The van der Waals surface area contributed by atoms with Crippen molar-refractivity contribution in [2.75, 3.05) is 6.54 Å². The molecule has 0 aliphatic carbocycles. The van der Waals surface area contributed by atoms with E-state index in [2.05, 4.69) is 5.10 Å². The Balaban J connectivity index is 2.14. The zero-order chi connectivity index (χ0) is 12.4. The third-order valence-electron chi connectivity index (χ3n) is 2.00. The third-order valence-corrected chi connectivity index (χ3v) is 2.20. The van der Waals surface area contributed by atoms with Crippen molar-refractivity contribution in [3.05, 3.63) is 24.2 Å². The van der Waals surface area contributed by atoms with Gasteiger partial charge in [-0.25, -0.2) is 9.69 Å². The highest BCUT2D eigenvalue weighted by atomic mass is 35.5. The number of urea groups is 1. The lowest BCUT2D eigenvalue weighted by Crippen LogP contribution is -2.31. The van der Waals surface area contributed by atoms with Crippen molar-refractivity contribution in [3.8, 4) is 0 Å². The first kappa shape index (κ1) is 11.3. The number of halogens is 1. The normalized spacial score (nSPS) is 16.3. The Morgan fingerprint density at radius 2 is 2.29 bits per heavy atom. The molecule has 2 rings (SSSR count). The van der Waals surface area contributed by atoms with Gasteiger partial charge in [0, 0.05) is 0 Å². The minimum atomic E-state index is -1.01. The van der Waals surface area contributed by atoms with Crippen molar-refractivity contribution < 1.29 is 18.8 Å². The fraction of sp³-hybridized carbons (Fsp3) is 0.111. The maximum Gasteiger partial charge on any atom is 0.355 e. The van der Waals surface area contributed by atoms with Gasteiger partial charge in [0.1, 0.15) is 12.3 Å². The van der Waals surface area contributed by atoms with E-state index in [1.807, 2.05) is 0 Å². The molecule has 1 fully saturated rings. The van der Waals surface area contributed by atoms with E-state index in [0.29, 0.717) is 15.7 Å². The Labute approximate surface area is 100 Å². The van der Waals surface area contributed by atoms with Crippen LogP contribution in [0.1, 0.15) is 5.76 Å². The summed E-state index contributed by atoms with van der Waals surface area (Å²) >= 11 is 5.13. The molecule has 7 nitrogen and oxygen atoms in total. The van der Waals surface area contributed by atoms with Crippen LogP contribution in [0.15, 0.2) is 27.9 Å². The minimum absolute atomic E-state index is 0.376. The van der Waals surface area contributed by atoms with Gasteiger partial charge in [-0.2, -0.15) is 5.10 Å². The van der Waals surface area contributed by atoms with Crippen LogP contribution in [0.3, 0.4) is 0 Å². The predicted octanol–water partition coefficient (Wildman–Crippen LogP) is 1.24. The van der Waals surface area contributed by atoms with Gasteiger partial charge in [0.25, 0.3) is 5.91 Å². The molecule has 1 aliphatic heterocycles. The van der Waals surface area contributed by atoms with E-state index >= 15 is 0 Å². The molecule has 0 atom stereocenters. The Morgan fingerprint density at radius 1 is 1.53 bits per heavy atom. The molecule has 4 amide bonds. The lowest BCUT2D eigenvalue weighted by atomic mass is 10.5. The summed E-state index contributed by atoms with van der Waals surface area (Å²) in [7, 11) is 0. The van der Waals surface area contributed by atoms with Gasteiger partial charge in [-0.3, -0.25) is 9.59 Å². The van der Waals surface area contributed by atoms with Crippen LogP contribution in [-0.4, -0.2) is 40.0 Å². The Hall–Kier alpha value is -2.15. The topological polar surface area (TPSA) is 83.2 Å². The smallest absolute Gasteiger partial charge is 0.355 e. The number of rotatable bonds is 2. The first-order valence-corrected chi connectivity index (χ1v) is 4.89. The summed E-state index contributed by atoms with van der Waals surface area (Å²) < 4.78 is 4.93. The van der Waals surface area contributed by atoms with E-state index in [4.69, 9.17) is 16.0 Å². The third kappa shape index (κ3) is 2.18. The van der Waals surface area contributed by atoms with Crippen LogP contribution < -0.4 is 0 Å². The molecule has 0 spiro atoms. The van der Waals surface area contributed by atoms with Gasteiger partial charge < -0.3 is 4.42 Å². The first-order valence-electron chi connectivity index (χ1n) is 4.51. The highest BCUT2D eigenvalue weighted by Gasteiger charge is 2.39. The summed E-state index contributed by atoms with van der Waals surface area (Å²) in [5, 5.41) is 3.17. The molecule has 1 aliphatic rings. The zero-order valence-corrected chi connectivity index (χ0v) is 9.13. The van der Waals surface area contributed by atoms with Crippen LogP contribution in [0.25, 0.3) is 0 Å². The number of hydrogen-bond donors (Lipinski definition) is 0. The number of furan rings is 1. The molecule has 0 bridgehead atoms. The largest absolute Gasteiger partial charge is 0.463 e. The molecule has 0 N–H and O–H groups in total. The second-order valence-electron chi connectivity index (χ2n) is 3.09. The van der Waals surface area contributed by atoms with Gasteiger partial charge in [0.15, 0.2) is 0 Å². The first-order chi connectivity index (χ1) is 8.09. The van der Waals surface area contributed by atoms with Gasteiger partial charge in [-0.05, 0) is 23.7 Å². The van der Waals surface area contributed by atoms with E-state index in [-0.39, 0.29) is 0 Å². The van der Waals surface area contributed by atoms with Crippen molar-refractivity contribution in [1.82, 2.24) is 9.91 Å². The molecule has 1 saturated heterocycles. The molecular formula is C9H6ClN3O4. The van der Waals surface area contributed by atoms with Crippen LogP contribution in [0, 0.1) is 0 Å². The lowest BCUT2D eigenvalue weighted by Gasteiger charge is -2.07. The molecule has 17 heavy (non-hydrogen) atoms. The highest BCUT2D eigenvalue weighted by Crippen LogP contribution is 2.13. The van der Waals surface area contributed by atoms with Crippen LogP contribution >= 0.6 is 11.6 Å². The van der Waals surface area contributed by atoms with E-state index < -0.39 is 23.8 Å². The molecule has 1 aromatic heterocycles. The van der Waals surface area contributed by atoms with Crippen LogP contribution in [0.4, 0.5) is 9.59 Å². The fourth-order valence-electron chi connectivity index (χ4n) is 1.22. The monoisotopic (exact) mass is 255 g/mol. The maximum atomic E-state index is 11.5. The number of imide groups is 2. The van der Waals surface area contributed by atoms with Gasteiger partial charge in [-0.15, -0.1) is 5.01 Å². The minimum Gasteiger partial charge on any atom is -0.463 e. The maximum absolute atomic E-state index is 11.5. The Kier molecular flexibility index (Phi) is 2.92. The zero-order valence-electron chi connectivity index (χ0n) is 8.37. The van der Waals surface area contributed by atoms with Crippen molar-refractivity contribution in [1.29, 1.82) is 0 Å². The SMILES string of the molecule is O=C(Cl)N1CC(=O)N(N=Cc2ccco2)C1=O. The average Bonchev–Trinajstić information content (AvgIpc) is 2.86. The Bertz CT molecular complexity index is 496. The van der Waals surface area contributed by atoms with Gasteiger partial charge >= 0.3 is 11.4 Å². The van der Waals surface area contributed by atoms with E-state index in [1.54, 1.807) is 12.1 Å². The van der Waals surface area contributed by atoms with Crippen LogP contribution in [0.2, 0.25) is 0 Å². The van der Waals surface area contributed by atoms with Crippen LogP contribution in [0.5, 0.6) is 0 Å². The number of nitrogens with zero attached hydrogens (tertiary/aromatic N) is 3. The van der Waals surface area contributed by atoms with Gasteiger partial charge in [0.2, 0.25) is 0 Å². The van der Waals surface area contributed by atoms with E-state index in [0.717, 1.165) is 0 Å². The number of carbonyl (C=O) groups excluding carboxylic acids is 3. The van der Waals surface area contributed by atoms with Crippen molar-refractivity contribution in [2.45, 2.75) is 0 Å². The summed E-state index contributed by atoms with van der Waals surface area (Å²) in [4.78, 5) is 34.3. The van der Waals surface area contributed by atoms with Crippen molar-refractivity contribution in [3.63, 3.8) is 0 Å². The molecule has 0 unspecified atom stereocenters. The number of carbonyl (C=O) groups is 3. The number of hydrazone groups is 1. The average molecular weight is 256 g/mol. The molecule has 1 aromatic rings. The molecule has 0 aromatic carbocycles. The van der Waals surface area contributed by atoms with E-state index in [1.165, 1.54) is 12.5 Å². The summed E-state index contributed by atoms with van der Waals surface area (Å²) in [6.45, 7) is -0.406. The van der Waals surface area contributed by atoms with Gasteiger partial charge in [-0.1, -0.05) is 0 Å². The lowest BCUT2D eigenvalue weighted by molar-refractivity contribution is -0.125. The number of amides is 4. The molecule has 88 valence electrons. The summed E-state index contributed by atoms with van der Waals surface area (Å²) in [6, 6.07) is 2.35. The van der Waals surface area contributed by atoms with Gasteiger partial charge in [0.05, 0.1) is 12.5 Å². The molecule has 8 heteroatoms. The standard InChI is InChI=1S/C9H6ClN3O4/c10-8(15)12-5-7(14)13(9(12)16)11-4-6-2-1-3-17-6/h1-4H,5H2. The van der Waals surface area contributed by atoms with Crippen molar-refractivity contribution in [2.24, 2.45) is 5.10 Å². The summed E-state index contributed by atoms with van der Waals surface area (Å²) in [6.07, 6.45) is 2.61. The fourth-order valence-corrected chi connectivity index (χ4v) is 1.35. The second kappa shape index (κ2) is 4.38. The second-order valence-corrected chi connectivity index (χ2v) is 3.41. The quantitative estimate of drug-likeness (QED) is 0.344. The molecule has 2 heterocycles. The highest BCUT2D eigenvalue weighted by molar-refractivity contribution is 6.64. The summed E-state index contributed by atoms with van der Waals surface area (Å²) in [5.74, 6) is -0.256. The van der Waals surface area contributed by atoms with E-state index in [9.17, 15) is 14.4 Å². The molecule has 0 saturated carbocycles. The van der Waals surface area contributed by atoms with Crippen LogP contribution in [-0.2, 0) is 4.79 Å². The van der Waals surface area contributed by atoms with Crippen molar-refractivity contribution >= 4 is 35.1 Å². The summed E-state index contributed by atoms with van der Waals surface area (Å²) in [5.41, 5.74) is 0.